The molecule has 0 radical (unpaired) electrons. The smallest absolute Gasteiger partial charge is 0.244 e. The van der Waals surface area contributed by atoms with Gasteiger partial charge in [0.25, 0.3) is 0 Å². The van der Waals surface area contributed by atoms with Crippen LogP contribution in [-0.2, 0) is 9.53 Å². The molecule has 0 aromatic heterocycles. The van der Waals surface area contributed by atoms with Gasteiger partial charge in [-0.2, -0.15) is 0 Å². The molecular weight excluding hydrogens is 328 g/mol. The molecule has 1 aliphatic carbocycles. The van der Waals surface area contributed by atoms with Gasteiger partial charge in [-0.15, -0.1) is 0 Å². The van der Waals surface area contributed by atoms with E-state index in [-0.39, 0.29) is 11.9 Å². The van der Waals surface area contributed by atoms with E-state index < -0.39 is 0 Å². The zero-order chi connectivity index (χ0) is 17.9. The van der Waals surface area contributed by atoms with Crippen LogP contribution in [0.2, 0.25) is 0 Å². The molecule has 1 atom stereocenters. The number of hydrogen-bond donors (Lipinski definition) is 0. The van der Waals surface area contributed by atoms with Crippen LogP contribution >= 0.6 is 0 Å². The van der Waals surface area contributed by atoms with Crippen molar-refractivity contribution >= 4 is 11.6 Å². The molecule has 142 valence electrons. The van der Waals surface area contributed by atoms with E-state index in [2.05, 4.69) is 4.90 Å². The van der Waals surface area contributed by atoms with Crippen molar-refractivity contribution in [2.45, 2.75) is 63.2 Å². The number of likely N-dealkylation sites (tertiary alicyclic amines) is 1. The minimum Gasteiger partial charge on any atom is -0.495 e. The minimum atomic E-state index is 0.00680. The first-order valence-corrected chi connectivity index (χ1v) is 10.1. The molecule has 3 aliphatic rings. The van der Waals surface area contributed by atoms with E-state index in [1.807, 2.05) is 29.2 Å². The van der Waals surface area contributed by atoms with E-state index in [1.54, 1.807) is 7.11 Å². The van der Waals surface area contributed by atoms with Gasteiger partial charge in [-0.25, -0.2) is 0 Å². The van der Waals surface area contributed by atoms with Crippen molar-refractivity contribution in [3.8, 4) is 5.75 Å². The number of carbonyl (C=O) groups excluding carboxylic acids is 1. The van der Waals surface area contributed by atoms with Crippen LogP contribution in [0.5, 0.6) is 5.75 Å². The molecule has 1 saturated carbocycles. The molecule has 0 spiro atoms. The monoisotopic (exact) mass is 358 g/mol. The van der Waals surface area contributed by atoms with Crippen molar-refractivity contribution in [1.82, 2.24) is 4.90 Å². The molecule has 5 nitrogen and oxygen atoms in total. The Hall–Kier alpha value is -1.59. The maximum absolute atomic E-state index is 13.0. The highest BCUT2D eigenvalue weighted by Gasteiger charge is 2.39. The molecule has 1 aromatic rings. The van der Waals surface area contributed by atoms with E-state index in [4.69, 9.17) is 9.47 Å². The summed E-state index contributed by atoms with van der Waals surface area (Å²) in [4.78, 5) is 17.3. The number of rotatable bonds is 5. The molecule has 26 heavy (non-hydrogen) atoms. The summed E-state index contributed by atoms with van der Waals surface area (Å²) in [7, 11) is 1.66. The summed E-state index contributed by atoms with van der Waals surface area (Å²) in [6, 6.07) is 7.80. The second-order valence-corrected chi connectivity index (χ2v) is 7.74. The highest BCUT2D eigenvalue weighted by molar-refractivity contribution is 6.00. The summed E-state index contributed by atoms with van der Waals surface area (Å²) >= 11 is 0. The van der Waals surface area contributed by atoms with Crippen molar-refractivity contribution in [1.29, 1.82) is 0 Å². The molecule has 3 fully saturated rings. The topological polar surface area (TPSA) is 42.0 Å². The fourth-order valence-corrected chi connectivity index (χ4v) is 4.72. The van der Waals surface area contributed by atoms with Crippen LogP contribution in [0, 0.1) is 0 Å². The predicted molar refractivity (Wildman–Crippen MR) is 102 cm³/mol. The van der Waals surface area contributed by atoms with Gasteiger partial charge < -0.3 is 14.4 Å². The first-order chi connectivity index (χ1) is 12.8. The van der Waals surface area contributed by atoms with Crippen LogP contribution in [0.4, 0.5) is 5.69 Å². The SMILES string of the molecule is COc1ccccc1N1CCC(N2CCC(OC3CCCC3)CC2)C1=O. The van der Waals surface area contributed by atoms with E-state index >= 15 is 0 Å². The van der Waals surface area contributed by atoms with Crippen LogP contribution in [-0.4, -0.2) is 55.8 Å². The summed E-state index contributed by atoms with van der Waals surface area (Å²) < 4.78 is 11.7. The molecule has 1 aromatic carbocycles. The number of amides is 1. The standard InChI is InChI=1S/C21H30N2O3/c1-25-20-9-5-4-8-18(20)23-15-12-19(21(23)24)22-13-10-17(11-14-22)26-16-6-2-3-7-16/h4-5,8-9,16-17,19H,2-3,6-7,10-15H2,1H3. The quantitative estimate of drug-likeness (QED) is 0.810. The van der Waals surface area contributed by atoms with Gasteiger partial charge in [-0.05, 0) is 44.2 Å². The highest BCUT2D eigenvalue weighted by Crippen LogP contribution is 2.33. The van der Waals surface area contributed by atoms with Gasteiger partial charge in [-0.3, -0.25) is 9.69 Å². The number of anilines is 1. The highest BCUT2D eigenvalue weighted by atomic mass is 16.5. The first kappa shape index (κ1) is 17.8. The van der Waals surface area contributed by atoms with Gasteiger partial charge >= 0.3 is 0 Å². The van der Waals surface area contributed by atoms with E-state index in [0.29, 0.717) is 12.2 Å². The van der Waals surface area contributed by atoms with Crippen molar-refractivity contribution < 1.29 is 14.3 Å². The molecule has 5 heteroatoms. The lowest BCUT2D eigenvalue weighted by molar-refractivity contribution is -0.123. The zero-order valence-electron chi connectivity index (χ0n) is 15.7. The Labute approximate surface area is 156 Å². The van der Waals surface area contributed by atoms with Crippen molar-refractivity contribution in [2.75, 3.05) is 31.6 Å². The maximum Gasteiger partial charge on any atom is 0.244 e. The van der Waals surface area contributed by atoms with E-state index in [0.717, 1.165) is 50.3 Å². The van der Waals surface area contributed by atoms with Gasteiger partial charge in [0, 0.05) is 19.6 Å². The van der Waals surface area contributed by atoms with Crippen molar-refractivity contribution in [3.63, 3.8) is 0 Å². The summed E-state index contributed by atoms with van der Waals surface area (Å²) in [5, 5.41) is 0. The number of piperidine rings is 1. The summed E-state index contributed by atoms with van der Waals surface area (Å²) in [6.45, 7) is 2.70. The van der Waals surface area contributed by atoms with Crippen LogP contribution in [0.1, 0.15) is 44.9 Å². The Balaban J connectivity index is 1.34. The van der Waals surface area contributed by atoms with Crippen LogP contribution in [0.25, 0.3) is 0 Å². The average molecular weight is 358 g/mol. The third kappa shape index (κ3) is 3.60. The number of hydrogen-bond acceptors (Lipinski definition) is 4. The zero-order valence-corrected chi connectivity index (χ0v) is 15.7. The molecule has 4 rings (SSSR count). The lowest BCUT2D eigenvalue weighted by Gasteiger charge is -2.36. The maximum atomic E-state index is 13.0. The Morgan fingerprint density at radius 1 is 0.923 bits per heavy atom. The second-order valence-electron chi connectivity index (χ2n) is 7.74. The van der Waals surface area contributed by atoms with Gasteiger partial charge in [-0.1, -0.05) is 25.0 Å². The van der Waals surface area contributed by atoms with Crippen molar-refractivity contribution in [3.05, 3.63) is 24.3 Å². The van der Waals surface area contributed by atoms with Crippen LogP contribution in [0.3, 0.4) is 0 Å². The number of para-hydroxylation sites is 2. The lowest BCUT2D eigenvalue weighted by atomic mass is 10.0. The Kier molecular flexibility index (Phi) is 5.46. The normalized spacial score (nSPS) is 26.0. The molecule has 2 saturated heterocycles. The summed E-state index contributed by atoms with van der Waals surface area (Å²) in [5.41, 5.74) is 0.891. The molecule has 2 heterocycles. The van der Waals surface area contributed by atoms with Gasteiger partial charge in [0.2, 0.25) is 5.91 Å². The molecule has 0 bridgehead atoms. The third-order valence-electron chi connectivity index (χ3n) is 6.16. The molecular formula is C21H30N2O3. The molecule has 1 amide bonds. The summed E-state index contributed by atoms with van der Waals surface area (Å²) in [5.74, 6) is 0.981. The van der Waals surface area contributed by atoms with Crippen molar-refractivity contribution in [2.24, 2.45) is 0 Å². The number of nitrogens with zero attached hydrogens (tertiary/aromatic N) is 2. The first-order valence-electron chi connectivity index (χ1n) is 10.1. The fraction of sp³-hybridized carbons (Fsp3) is 0.667. The largest absolute Gasteiger partial charge is 0.495 e. The number of methoxy groups -OCH3 is 1. The lowest BCUT2D eigenvalue weighted by Crippen LogP contribution is -2.47. The predicted octanol–water partition coefficient (Wildman–Crippen LogP) is 3.22. The number of carbonyl (C=O) groups is 1. The second kappa shape index (κ2) is 7.97. The summed E-state index contributed by atoms with van der Waals surface area (Å²) in [6.07, 6.45) is 8.97. The molecule has 2 aliphatic heterocycles. The van der Waals surface area contributed by atoms with E-state index in [9.17, 15) is 4.79 Å². The van der Waals surface area contributed by atoms with Crippen LogP contribution in [0.15, 0.2) is 24.3 Å². The molecule has 1 unspecified atom stereocenters. The van der Waals surface area contributed by atoms with Gasteiger partial charge in [0.15, 0.2) is 0 Å². The van der Waals surface area contributed by atoms with E-state index in [1.165, 1.54) is 25.7 Å². The Bertz CT molecular complexity index is 621. The number of benzene rings is 1. The van der Waals surface area contributed by atoms with Crippen LogP contribution < -0.4 is 9.64 Å². The fourth-order valence-electron chi connectivity index (χ4n) is 4.72. The molecule has 0 N–H and O–H groups in total. The Morgan fingerprint density at radius 2 is 1.62 bits per heavy atom. The Morgan fingerprint density at radius 3 is 2.35 bits per heavy atom. The third-order valence-corrected chi connectivity index (χ3v) is 6.16. The number of ether oxygens (including phenoxy) is 2. The minimum absolute atomic E-state index is 0.00680. The average Bonchev–Trinajstić information content (AvgIpc) is 3.32. The van der Waals surface area contributed by atoms with Gasteiger partial charge in [0.1, 0.15) is 5.75 Å². The van der Waals surface area contributed by atoms with Gasteiger partial charge in [0.05, 0.1) is 31.0 Å².